The van der Waals surface area contributed by atoms with Crippen LogP contribution in [0, 0.1) is 17.6 Å². The number of methoxy groups -OCH3 is 2. The topological polar surface area (TPSA) is 77.6 Å². The lowest BCUT2D eigenvalue weighted by atomic mass is 9.76. The highest BCUT2D eigenvalue weighted by Gasteiger charge is 2.65. The number of halogens is 5. The van der Waals surface area contributed by atoms with Crippen LogP contribution in [0.2, 0.25) is 0 Å². The zero-order chi connectivity index (χ0) is 26.6. The third-order valence-corrected chi connectivity index (χ3v) is 6.89. The molecule has 2 heterocycles. The smallest absolute Gasteiger partial charge is 0.417 e. The molecule has 1 saturated heterocycles. The van der Waals surface area contributed by atoms with Crippen molar-refractivity contribution >= 4 is 16.9 Å². The Kier molecular flexibility index (Phi) is 6.32. The monoisotopic (exact) mass is 511 g/mol. The maximum absolute atomic E-state index is 14.5. The number of benzene rings is 2. The molecule has 0 spiro atoms. The molecule has 3 aromatic rings. The number of H-pyrrole nitrogens is 1. The third-order valence-electron chi connectivity index (χ3n) is 6.89. The largest absolute Gasteiger partial charge is 0.493 e. The number of hydrogen-bond acceptors (Lipinski definition) is 5. The van der Waals surface area contributed by atoms with E-state index in [1.54, 1.807) is 0 Å². The number of esters is 1. The SMILES string of the molecule is COC(=O)c1ccc2[nH]c([C@@H]3O[C@@](C)(C(F)(F)F)[C@@H](C)[C@H]3c3ccc(F)c(F)c3OC)cc(=O)c2c1. The van der Waals surface area contributed by atoms with Crippen LogP contribution in [0.5, 0.6) is 5.75 Å². The van der Waals surface area contributed by atoms with E-state index in [1.807, 2.05) is 0 Å². The van der Waals surface area contributed by atoms with Gasteiger partial charge in [0.2, 0.25) is 5.82 Å². The molecule has 1 aliphatic rings. The Morgan fingerprint density at radius 2 is 1.81 bits per heavy atom. The summed E-state index contributed by atoms with van der Waals surface area (Å²) in [6.07, 6.45) is -6.22. The molecule has 1 fully saturated rings. The Morgan fingerprint density at radius 1 is 1.11 bits per heavy atom. The van der Waals surface area contributed by atoms with Crippen molar-refractivity contribution in [2.45, 2.75) is 37.6 Å². The van der Waals surface area contributed by atoms with Gasteiger partial charge in [-0.25, -0.2) is 9.18 Å². The van der Waals surface area contributed by atoms with Crippen molar-refractivity contribution in [3.63, 3.8) is 0 Å². The molecule has 2 aromatic carbocycles. The summed E-state index contributed by atoms with van der Waals surface area (Å²) in [5, 5.41) is 0.105. The number of aromatic amines is 1. The van der Waals surface area contributed by atoms with Gasteiger partial charge in [0, 0.05) is 40.1 Å². The van der Waals surface area contributed by atoms with E-state index in [-0.39, 0.29) is 27.7 Å². The number of fused-ring (bicyclic) bond motifs is 1. The minimum Gasteiger partial charge on any atom is -0.493 e. The number of nitrogens with one attached hydrogen (secondary N) is 1. The van der Waals surface area contributed by atoms with Crippen LogP contribution in [0.3, 0.4) is 0 Å². The average Bonchev–Trinajstić information content (AvgIpc) is 3.11. The first-order valence-electron chi connectivity index (χ1n) is 10.9. The molecule has 1 N–H and O–H groups in total. The van der Waals surface area contributed by atoms with Crippen LogP contribution < -0.4 is 10.2 Å². The Labute approximate surface area is 202 Å². The quantitative estimate of drug-likeness (QED) is 0.374. The lowest BCUT2D eigenvalue weighted by Gasteiger charge is -2.32. The minimum absolute atomic E-state index is 0.00470. The average molecular weight is 511 g/mol. The van der Waals surface area contributed by atoms with Gasteiger partial charge in [-0.1, -0.05) is 13.0 Å². The Bertz CT molecular complexity index is 1400. The molecular weight excluding hydrogens is 489 g/mol. The first kappa shape index (κ1) is 25.6. The number of carbonyl (C=O) groups is 1. The maximum Gasteiger partial charge on any atom is 0.417 e. The Balaban J connectivity index is 1.93. The summed E-state index contributed by atoms with van der Waals surface area (Å²) in [4.78, 5) is 27.7. The van der Waals surface area contributed by atoms with E-state index in [2.05, 4.69) is 9.72 Å². The van der Waals surface area contributed by atoms with E-state index in [1.165, 1.54) is 32.2 Å². The molecule has 0 aliphatic carbocycles. The Morgan fingerprint density at radius 3 is 2.42 bits per heavy atom. The van der Waals surface area contributed by atoms with Crippen molar-refractivity contribution in [3.05, 3.63) is 75.1 Å². The normalized spacial score (nSPS) is 24.2. The van der Waals surface area contributed by atoms with Crippen LogP contribution in [-0.4, -0.2) is 37.0 Å². The van der Waals surface area contributed by atoms with Crippen molar-refractivity contribution in [2.75, 3.05) is 14.2 Å². The van der Waals surface area contributed by atoms with Gasteiger partial charge in [-0.2, -0.15) is 17.6 Å². The van der Waals surface area contributed by atoms with E-state index in [4.69, 9.17) is 9.47 Å². The standard InChI is InChI=1S/C25H22F5NO5/c1-11-19(13-6-7-15(26)20(27)21(13)34-3)22(36-24(11,2)25(28,29)30)17-10-18(32)14-9-12(23(33)35-4)5-8-16(14)31-17/h5-11,19,22H,1-4H3,(H,31,32)/t11-,19-,22-,24+/m0/s1. The van der Waals surface area contributed by atoms with Crippen LogP contribution in [0.1, 0.15) is 47.5 Å². The molecule has 0 saturated carbocycles. The molecule has 0 amide bonds. The molecule has 0 bridgehead atoms. The molecule has 0 radical (unpaired) electrons. The van der Waals surface area contributed by atoms with Crippen molar-refractivity contribution in [3.8, 4) is 5.75 Å². The first-order chi connectivity index (χ1) is 16.8. The predicted molar refractivity (Wildman–Crippen MR) is 119 cm³/mol. The van der Waals surface area contributed by atoms with Gasteiger partial charge in [0.15, 0.2) is 22.6 Å². The van der Waals surface area contributed by atoms with Gasteiger partial charge in [0.05, 0.1) is 19.8 Å². The van der Waals surface area contributed by atoms with E-state index in [9.17, 15) is 31.5 Å². The highest BCUT2D eigenvalue weighted by molar-refractivity contribution is 5.94. The highest BCUT2D eigenvalue weighted by atomic mass is 19.4. The van der Waals surface area contributed by atoms with E-state index >= 15 is 0 Å². The number of carbonyl (C=O) groups excluding carboxylic acids is 1. The number of hydrogen-bond donors (Lipinski definition) is 1. The molecular formula is C25H22F5NO5. The predicted octanol–water partition coefficient (Wildman–Crippen LogP) is 5.41. The van der Waals surface area contributed by atoms with E-state index < -0.39 is 58.5 Å². The number of ether oxygens (including phenoxy) is 3. The molecule has 1 aromatic heterocycles. The molecule has 36 heavy (non-hydrogen) atoms. The summed E-state index contributed by atoms with van der Waals surface area (Å²) in [5.41, 5.74) is -2.96. The van der Waals surface area contributed by atoms with Crippen LogP contribution in [0.15, 0.2) is 41.2 Å². The first-order valence-corrected chi connectivity index (χ1v) is 10.9. The number of rotatable bonds is 4. The zero-order valence-corrected chi connectivity index (χ0v) is 19.6. The molecule has 192 valence electrons. The van der Waals surface area contributed by atoms with Crippen LogP contribution >= 0.6 is 0 Å². The van der Waals surface area contributed by atoms with Gasteiger partial charge in [-0.15, -0.1) is 0 Å². The summed E-state index contributed by atoms with van der Waals surface area (Å²) < 4.78 is 86.2. The fraction of sp³-hybridized carbons (Fsp3) is 0.360. The van der Waals surface area contributed by atoms with Crippen molar-refractivity contribution in [2.24, 2.45) is 5.92 Å². The van der Waals surface area contributed by atoms with Crippen LogP contribution in [-0.2, 0) is 9.47 Å². The van der Waals surface area contributed by atoms with Gasteiger partial charge in [0.25, 0.3) is 0 Å². The second kappa shape index (κ2) is 8.88. The van der Waals surface area contributed by atoms with Gasteiger partial charge >= 0.3 is 12.1 Å². The van der Waals surface area contributed by atoms with E-state index in [0.29, 0.717) is 0 Å². The van der Waals surface area contributed by atoms with Gasteiger partial charge < -0.3 is 19.2 Å². The lowest BCUT2D eigenvalue weighted by Crippen LogP contribution is -2.46. The summed E-state index contributed by atoms with van der Waals surface area (Å²) >= 11 is 0. The molecule has 1 aliphatic heterocycles. The Hall–Kier alpha value is -3.47. The second-order valence-electron chi connectivity index (χ2n) is 8.78. The molecule has 4 atom stereocenters. The zero-order valence-electron chi connectivity index (χ0n) is 19.6. The summed E-state index contributed by atoms with van der Waals surface area (Å²) in [5.74, 6) is -6.24. The van der Waals surface area contributed by atoms with E-state index in [0.717, 1.165) is 32.2 Å². The lowest BCUT2D eigenvalue weighted by molar-refractivity contribution is -0.275. The number of alkyl halides is 3. The second-order valence-corrected chi connectivity index (χ2v) is 8.78. The van der Waals surface area contributed by atoms with Crippen molar-refractivity contribution < 1.29 is 41.0 Å². The highest BCUT2D eigenvalue weighted by Crippen LogP contribution is 2.59. The molecule has 11 heteroatoms. The van der Waals surface area contributed by atoms with Crippen molar-refractivity contribution in [1.82, 2.24) is 4.98 Å². The summed E-state index contributed by atoms with van der Waals surface area (Å²) in [6.45, 7) is 2.17. The van der Waals surface area contributed by atoms with Gasteiger partial charge in [-0.3, -0.25) is 4.79 Å². The van der Waals surface area contributed by atoms with Crippen LogP contribution in [0.25, 0.3) is 10.9 Å². The third kappa shape index (κ3) is 3.91. The molecule has 0 unspecified atom stereocenters. The minimum atomic E-state index is -4.82. The van der Waals surface area contributed by atoms with Crippen molar-refractivity contribution in [1.29, 1.82) is 0 Å². The molecule has 4 rings (SSSR count). The molecule has 6 nitrogen and oxygen atoms in total. The fourth-order valence-corrected chi connectivity index (χ4v) is 4.75. The van der Waals surface area contributed by atoms with Crippen LogP contribution in [0.4, 0.5) is 22.0 Å². The van der Waals surface area contributed by atoms with Gasteiger partial charge in [0.1, 0.15) is 6.10 Å². The summed E-state index contributed by atoms with van der Waals surface area (Å²) in [6, 6.07) is 7.14. The fourth-order valence-electron chi connectivity index (χ4n) is 4.75. The maximum atomic E-state index is 14.5. The summed E-state index contributed by atoms with van der Waals surface area (Å²) in [7, 11) is 2.26. The number of aromatic nitrogens is 1. The van der Waals surface area contributed by atoms with Gasteiger partial charge in [-0.05, 0) is 31.2 Å². The number of pyridine rings is 1.